The second kappa shape index (κ2) is 7.56. The van der Waals surface area contributed by atoms with E-state index in [9.17, 15) is 9.59 Å². The number of nitrogens with one attached hydrogen (secondary N) is 2. The second-order valence-electron chi connectivity index (χ2n) is 6.70. The molecule has 9 heteroatoms. The highest BCUT2D eigenvalue weighted by molar-refractivity contribution is 6.30. The van der Waals surface area contributed by atoms with Gasteiger partial charge in [-0.15, -0.1) is 0 Å². The molecule has 29 heavy (non-hydrogen) atoms. The molecule has 0 aliphatic heterocycles. The maximum atomic E-state index is 12.7. The first-order chi connectivity index (χ1) is 13.9. The number of amides is 1. The molecule has 0 aliphatic carbocycles. The highest BCUT2D eigenvalue weighted by Gasteiger charge is 2.17. The summed E-state index contributed by atoms with van der Waals surface area (Å²) >= 11 is 5.87. The summed E-state index contributed by atoms with van der Waals surface area (Å²) in [6.07, 6.45) is 2.63. The van der Waals surface area contributed by atoms with Gasteiger partial charge in [-0.25, -0.2) is 9.50 Å². The Hall–Kier alpha value is -3.39. The third kappa shape index (κ3) is 3.79. The van der Waals surface area contributed by atoms with Crippen LogP contribution in [0.3, 0.4) is 0 Å². The van der Waals surface area contributed by atoms with Crippen LogP contribution in [0.5, 0.6) is 0 Å². The van der Waals surface area contributed by atoms with E-state index in [-0.39, 0.29) is 22.7 Å². The molecule has 1 amide bonds. The van der Waals surface area contributed by atoms with Crippen molar-refractivity contribution in [3.63, 3.8) is 0 Å². The lowest BCUT2D eigenvalue weighted by molar-refractivity contribution is 0.102. The number of aromatic amines is 1. The standard InChI is InChI=1S/C20H18ClN5O3/c1-11-16(12(2)29-25-11)8-7-15-9-18(27)26-19(23-15)17(10-22-26)20(28)24-14-5-3-13(21)4-6-14/h3-6,9-10,22H,7-8H2,1-2H3,(H,24,28). The number of carbonyl (C=O) groups excluding carboxylic acids is 1. The summed E-state index contributed by atoms with van der Waals surface area (Å²) in [5.41, 5.74) is 3.28. The van der Waals surface area contributed by atoms with Crippen molar-refractivity contribution in [1.29, 1.82) is 0 Å². The number of nitrogens with zero attached hydrogens (tertiary/aromatic N) is 3. The molecule has 0 saturated heterocycles. The van der Waals surface area contributed by atoms with Crippen LogP contribution in [0.4, 0.5) is 5.69 Å². The second-order valence-corrected chi connectivity index (χ2v) is 7.13. The van der Waals surface area contributed by atoms with E-state index in [0.717, 1.165) is 17.0 Å². The number of hydrogen-bond donors (Lipinski definition) is 2. The number of carbonyl (C=O) groups is 1. The summed E-state index contributed by atoms with van der Waals surface area (Å²) in [5, 5.41) is 10.1. The molecule has 4 rings (SSSR count). The van der Waals surface area contributed by atoms with Gasteiger partial charge < -0.3 is 9.84 Å². The van der Waals surface area contributed by atoms with E-state index in [0.29, 0.717) is 29.2 Å². The fourth-order valence-corrected chi connectivity index (χ4v) is 3.29. The van der Waals surface area contributed by atoms with E-state index in [1.54, 1.807) is 24.3 Å². The topological polar surface area (TPSA) is 105 Å². The first kappa shape index (κ1) is 18.9. The zero-order chi connectivity index (χ0) is 20.5. The molecule has 8 nitrogen and oxygen atoms in total. The molecule has 2 N–H and O–H groups in total. The first-order valence-electron chi connectivity index (χ1n) is 9.01. The summed E-state index contributed by atoms with van der Waals surface area (Å²) < 4.78 is 6.42. The van der Waals surface area contributed by atoms with Crippen LogP contribution in [0.15, 0.2) is 45.8 Å². The Morgan fingerprint density at radius 2 is 2.00 bits per heavy atom. The number of H-pyrrole nitrogens is 1. The summed E-state index contributed by atoms with van der Waals surface area (Å²) in [7, 11) is 0. The van der Waals surface area contributed by atoms with Crippen LogP contribution in [0.1, 0.15) is 33.1 Å². The predicted molar refractivity (Wildman–Crippen MR) is 109 cm³/mol. The molecule has 148 valence electrons. The summed E-state index contributed by atoms with van der Waals surface area (Å²) in [5.74, 6) is 0.380. The minimum atomic E-state index is -0.374. The lowest BCUT2D eigenvalue weighted by Gasteiger charge is -2.05. The molecule has 4 aromatic rings. The zero-order valence-electron chi connectivity index (χ0n) is 15.8. The van der Waals surface area contributed by atoms with Gasteiger partial charge in [0.2, 0.25) is 0 Å². The summed E-state index contributed by atoms with van der Waals surface area (Å²) in [4.78, 5) is 29.7. The Morgan fingerprint density at radius 1 is 1.24 bits per heavy atom. The normalized spacial score (nSPS) is 11.1. The van der Waals surface area contributed by atoms with E-state index >= 15 is 0 Å². The number of aromatic nitrogens is 4. The van der Waals surface area contributed by atoms with E-state index in [1.807, 2.05) is 13.8 Å². The van der Waals surface area contributed by atoms with Crippen molar-refractivity contribution in [3.05, 3.63) is 80.2 Å². The van der Waals surface area contributed by atoms with Gasteiger partial charge in [-0.3, -0.25) is 14.7 Å². The number of aryl methyl sites for hydroxylation is 3. The van der Waals surface area contributed by atoms with Gasteiger partial charge >= 0.3 is 0 Å². The predicted octanol–water partition coefficient (Wildman–Crippen LogP) is 3.32. The van der Waals surface area contributed by atoms with Crippen LogP contribution in [0.25, 0.3) is 5.65 Å². The maximum Gasteiger partial charge on any atom is 0.272 e. The van der Waals surface area contributed by atoms with Crippen LogP contribution in [-0.2, 0) is 12.8 Å². The number of halogens is 1. The largest absolute Gasteiger partial charge is 0.361 e. The summed E-state index contributed by atoms with van der Waals surface area (Å²) in [6, 6.07) is 8.22. The van der Waals surface area contributed by atoms with E-state index in [2.05, 4.69) is 20.6 Å². The molecule has 0 aliphatic rings. The van der Waals surface area contributed by atoms with Crippen molar-refractivity contribution in [2.24, 2.45) is 0 Å². The number of benzene rings is 1. The number of hydrogen-bond acceptors (Lipinski definition) is 5. The minimum Gasteiger partial charge on any atom is -0.361 e. The Kier molecular flexibility index (Phi) is 4.94. The molecule has 0 spiro atoms. The van der Waals surface area contributed by atoms with Gasteiger partial charge in [-0.2, -0.15) is 0 Å². The van der Waals surface area contributed by atoms with Gasteiger partial charge in [0.05, 0.1) is 5.69 Å². The van der Waals surface area contributed by atoms with Crippen molar-refractivity contribution < 1.29 is 9.32 Å². The van der Waals surface area contributed by atoms with Gasteiger partial charge in [-0.1, -0.05) is 16.8 Å². The lowest BCUT2D eigenvalue weighted by atomic mass is 10.1. The smallest absolute Gasteiger partial charge is 0.272 e. The zero-order valence-corrected chi connectivity index (χ0v) is 16.6. The molecule has 1 aromatic carbocycles. The van der Waals surface area contributed by atoms with Gasteiger partial charge in [-0.05, 0) is 51.0 Å². The van der Waals surface area contributed by atoms with Crippen LogP contribution in [0, 0.1) is 13.8 Å². The Labute approximate surface area is 170 Å². The number of rotatable bonds is 5. The average Bonchev–Trinajstić information content (AvgIpc) is 3.26. The van der Waals surface area contributed by atoms with E-state index in [4.69, 9.17) is 16.1 Å². The van der Waals surface area contributed by atoms with Gasteiger partial charge in [0.25, 0.3) is 11.5 Å². The molecular formula is C20H18ClN5O3. The van der Waals surface area contributed by atoms with Crippen molar-refractivity contribution in [2.75, 3.05) is 5.32 Å². The molecule has 0 radical (unpaired) electrons. The van der Waals surface area contributed by atoms with Gasteiger partial charge in [0.1, 0.15) is 11.3 Å². The average molecular weight is 412 g/mol. The Balaban J connectivity index is 1.61. The molecule has 3 aromatic heterocycles. The van der Waals surface area contributed by atoms with Crippen LogP contribution < -0.4 is 10.9 Å². The van der Waals surface area contributed by atoms with E-state index in [1.165, 1.54) is 16.8 Å². The SMILES string of the molecule is Cc1noc(C)c1CCc1cc(=O)n2[nH]cc(C(=O)Nc3ccc(Cl)cc3)c2n1. The summed E-state index contributed by atoms with van der Waals surface area (Å²) in [6.45, 7) is 3.73. The van der Waals surface area contributed by atoms with Crippen molar-refractivity contribution in [2.45, 2.75) is 26.7 Å². The number of fused-ring (bicyclic) bond motifs is 1. The molecule has 3 heterocycles. The fourth-order valence-electron chi connectivity index (χ4n) is 3.17. The van der Waals surface area contributed by atoms with Gasteiger partial charge in [0, 0.05) is 34.2 Å². The van der Waals surface area contributed by atoms with Crippen molar-refractivity contribution in [1.82, 2.24) is 19.8 Å². The monoisotopic (exact) mass is 411 g/mol. The van der Waals surface area contributed by atoms with Crippen LogP contribution in [0.2, 0.25) is 5.02 Å². The Morgan fingerprint density at radius 3 is 2.69 bits per heavy atom. The molecule has 0 saturated carbocycles. The highest BCUT2D eigenvalue weighted by Crippen LogP contribution is 2.17. The van der Waals surface area contributed by atoms with Crippen molar-refractivity contribution in [3.8, 4) is 0 Å². The van der Waals surface area contributed by atoms with Crippen LogP contribution >= 0.6 is 11.6 Å². The highest BCUT2D eigenvalue weighted by atomic mass is 35.5. The van der Waals surface area contributed by atoms with Crippen LogP contribution in [-0.4, -0.2) is 25.7 Å². The van der Waals surface area contributed by atoms with Crippen molar-refractivity contribution >= 4 is 28.8 Å². The number of anilines is 1. The van der Waals surface area contributed by atoms with E-state index < -0.39 is 0 Å². The quantitative estimate of drug-likeness (QED) is 0.524. The van der Waals surface area contributed by atoms with Gasteiger partial charge in [0.15, 0.2) is 5.65 Å². The first-order valence-corrected chi connectivity index (χ1v) is 9.39. The lowest BCUT2D eigenvalue weighted by Crippen LogP contribution is -2.18. The molecule has 0 fully saturated rings. The molecule has 0 unspecified atom stereocenters. The Bertz CT molecular complexity index is 1230. The minimum absolute atomic E-state index is 0.274. The third-order valence-corrected chi connectivity index (χ3v) is 4.96. The molecule has 0 bridgehead atoms. The third-order valence-electron chi connectivity index (χ3n) is 4.71. The maximum absolute atomic E-state index is 12.7. The molecule has 0 atom stereocenters. The molecular weight excluding hydrogens is 394 g/mol. The fraction of sp³-hybridized carbons (Fsp3) is 0.200.